The third kappa shape index (κ3) is 4.67. The SMILES string of the molecule is C=C(c1ccccc1)c1ccc(-n2c3ccccc3c3cc(C(C)(C)c4ccccc4C)c(C)cc32)cc1.CC. The normalized spacial score (nSPS) is 11.3. The summed E-state index contributed by atoms with van der Waals surface area (Å²) in [5.74, 6) is 0. The van der Waals surface area contributed by atoms with E-state index < -0.39 is 0 Å². The highest BCUT2D eigenvalue weighted by molar-refractivity contribution is 6.09. The first-order valence-electron chi connectivity index (χ1n) is 14.3. The highest BCUT2D eigenvalue weighted by Gasteiger charge is 2.27. The number of aryl methyl sites for hydroxylation is 2. The summed E-state index contributed by atoms with van der Waals surface area (Å²) in [6, 6.07) is 41.5. The minimum Gasteiger partial charge on any atom is -0.309 e. The fourth-order valence-electron chi connectivity index (χ4n) is 6.11. The third-order valence-corrected chi connectivity index (χ3v) is 8.11. The second kappa shape index (κ2) is 11.0. The van der Waals surface area contributed by atoms with Crippen molar-refractivity contribution in [1.82, 2.24) is 4.57 Å². The third-order valence-electron chi connectivity index (χ3n) is 8.11. The summed E-state index contributed by atoms with van der Waals surface area (Å²) in [7, 11) is 0. The molecule has 0 bridgehead atoms. The van der Waals surface area contributed by atoms with Crippen LogP contribution in [-0.4, -0.2) is 4.57 Å². The van der Waals surface area contributed by atoms with E-state index in [9.17, 15) is 0 Å². The van der Waals surface area contributed by atoms with Crippen LogP contribution in [0.15, 0.2) is 122 Å². The summed E-state index contributed by atoms with van der Waals surface area (Å²) < 4.78 is 2.40. The van der Waals surface area contributed by atoms with E-state index in [1.165, 1.54) is 44.1 Å². The molecule has 0 unspecified atom stereocenters. The van der Waals surface area contributed by atoms with Gasteiger partial charge in [-0.05, 0) is 83.1 Å². The van der Waals surface area contributed by atoms with Crippen LogP contribution < -0.4 is 0 Å². The highest BCUT2D eigenvalue weighted by atomic mass is 15.0. The number of nitrogens with zero attached hydrogens (tertiary/aromatic N) is 1. The first kappa shape index (κ1) is 27.2. The van der Waals surface area contributed by atoms with Crippen molar-refractivity contribution in [3.63, 3.8) is 0 Å². The van der Waals surface area contributed by atoms with Crippen molar-refractivity contribution in [3.05, 3.63) is 155 Å². The Balaban J connectivity index is 0.00000158. The van der Waals surface area contributed by atoms with Crippen LogP contribution >= 0.6 is 0 Å². The van der Waals surface area contributed by atoms with Gasteiger partial charge in [0.25, 0.3) is 0 Å². The van der Waals surface area contributed by atoms with Crippen LogP contribution in [0.25, 0.3) is 33.1 Å². The molecule has 0 saturated heterocycles. The molecule has 0 aliphatic carbocycles. The molecule has 0 spiro atoms. The predicted molar refractivity (Wildman–Crippen MR) is 175 cm³/mol. The van der Waals surface area contributed by atoms with Crippen LogP contribution in [0.4, 0.5) is 0 Å². The van der Waals surface area contributed by atoms with Gasteiger partial charge in [-0.25, -0.2) is 0 Å². The number of hydrogen-bond donors (Lipinski definition) is 0. The summed E-state index contributed by atoms with van der Waals surface area (Å²) in [5, 5.41) is 2.57. The van der Waals surface area contributed by atoms with Crippen LogP contribution in [0.3, 0.4) is 0 Å². The van der Waals surface area contributed by atoms with E-state index in [1.807, 2.05) is 19.9 Å². The van der Waals surface area contributed by atoms with Gasteiger partial charge in [0, 0.05) is 21.9 Å². The zero-order valence-electron chi connectivity index (χ0n) is 24.6. The van der Waals surface area contributed by atoms with Crippen molar-refractivity contribution in [2.45, 2.75) is 47.0 Å². The lowest BCUT2D eigenvalue weighted by Gasteiger charge is -2.30. The lowest BCUT2D eigenvalue weighted by atomic mass is 9.74. The Morgan fingerprint density at radius 3 is 1.88 bits per heavy atom. The fourth-order valence-corrected chi connectivity index (χ4v) is 6.11. The summed E-state index contributed by atoms with van der Waals surface area (Å²) >= 11 is 0. The quantitative estimate of drug-likeness (QED) is 0.213. The van der Waals surface area contributed by atoms with E-state index in [0.29, 0.717) is 0 Å². The molecule has 200 valence electrons. The molecule has 0 atom stereocenters. The molecule has 6 aromatic rings. The molecule has 0 saturated carbocycles. The van der Waals surface area contributed by atoms with E-state index in [0.717, 1.165) is 22.4 Å². The average Bonchev–Trinajstić information content (AvgIpc) is 3.31. The maximum Gasteiger partial charge on any atom is 0.0543 e. The molecule has 6 rings (SSSR count). The average molecular weight is 522 g/mol. The smallest absolute Gasteiger partial charge is 0.0543 e. The molecule has 40 heavy (non-hydrogen) atoms. The van der Waals surface area contributed by atoms with Crippen LogP contribution in [0.2, 0.25) is 0 Å². The maximum absolute atomic E-state index is 4.36. The van der Waals surface area contributed by atoms with E-state index in [2.05, 4.69) is 148 Å². The first-order valence-corrected chi connectivity index (χ1v) is 14.3. The van der Waals surface area contributed by atoms with E-state index in [4.69, 9.17) is 0 Å². The minimum absolute atomic E-state index is 0.105. The van der Waals surface area contributed by atoms with Gasteiger partial charge in [0.15, 0.2) is 0 Å². The van der Waals surface area contributed by atoms with Crippen molar-refractivity contribution < 1.29 is 0 Å². The highest BCUT2D eigenvalue weighted by Crippen LogP contribution is 2.40. The standard InChI is InChI=1S/C37H33N.C2H6/c1-25-13-9-11-17-33(25)37(4,5)34-24-32-31-16-10-12-18-35(31)38(36(32)23-26(34)2)30-21-19-29(20-22-30)27(3)28-14-7-6-8-15-28;1-2/h6-24H,3H2,1-2,4-5H3;1-2H3. The molecule has 0 aliphatic heterocycles. The van der Waals surface area contributed by atoms with Gasteiger partial charge in [0.2, 0.25) is 0 Å². The Morgan fingerprint density at radius 2 is 1.18 bits per heavy atom. The number of benzene rings is 5. The molecular weight excluding hydrogens is 482 g/mol. The number of para-hydroxylation sites is 1. The van der Waals surface area contributed by atoms with Gasteiger partial charge in [-0.1, -0.05) is 119 Å². The lowest BCUT2D eigenvalue weighted by molar-refractivity contribution is 0.632. The van der Waals surface area contributed by atoms with Crippen molar-refractivity contribution in [2.24, 2.45) is 0 Å². The van der Waals surface area contributed by atoms with Crippen LogP contribution in [0, 0.1) is 13.8 Å². The van der Waals surface area contributed by atoms with E-state index in [1.54, 1.807) is 0 Å². The number of rotatable bonds is 5. The van der Waals surface area contributed by atoms with Gasteiger partial charge < -0.3 is 4.57 Å². The van der Waals surface area contributed by atoms with Gasteiger partial charge in [0.05, 0.1) is 11.0 Å². The number of aromatic nitrogens is 1. The molecule has 0 amide bonds. The van der Waals surface area contributed by atoms with Crippen molar-refractivity contribution in [1.29, 1.82) is 0 Å². The number of fused-ring (bicyclic) bond motifs is 3. The molecule has 1 heteroatoms. The minimum atomic E-state index is -0.105. The van der Waals surface area contributed by atoms with E-state index in [-0.39, 0.29) is 5.41 Å². The summed E-state index contributed by atoms with van der Waals surface area (Å²) in [6.45, 7) is 17.5. The second-order valence-electron chi connectivity index (χ2n) is 10.9. The van der Waals surface area contributed by atoms with Gasteiger partial charge in [-0.3, -0.25) is 0 Å². The molecule has 1 nitrogen and oxygen atoms in total. The van der Waals surface area contributed by atoms with Gasteiger partial charge in [-0.15, -0.1) is 0 Å². The largest absolute Gasteiger partial charge is 0.309 e. The Kier molecular flexibility index (Phi) is 7.50. The van der Waals surface area contributed by atoms with Crippen molar-refractivity contribution >= 4 is 27.4 Å². The molecule has 5 aromatic carbocycles. The van der Waals surface area contributed by atoms with Gasteiger partial charge >= 0.3 is 0 Å². The summed E-state index contributed by atoms with van der Waals surface area (Å²) in [5.41, 5.74) is 12.2. The van der Waals surface area contributed by atoms with Gasteiger partial charge in [-0.2, -0.15) is 0 Å². The molecule has 1 heterocycles. The zero-order chi connectivity index (χ0) is 28.4. The van der Waals surface area contributed by atoms with Gasteiger partial charge in [0.1, 0.15) is 0 Å². The van der Waals surface area contributed by atoms with Crippen LogP contribution in [-0.2, 0) is 5.41 Å². The van der Waals surface area contributed by atoms with Crippen molar-refractivity contribution in [3.8, 4) is 5.69 Å². The molecule has 0 radical (unpaired) electrons. The Hall–Kier alpha value is -4.36. The Morgan fingerprint density at radius 1 is 0.575 bits per heavy atom. The predicted octanol–water partition coefficient (Wildman–Crippen LogP) is 10.8. The molecule has 0 fully saturated rings. The topological polar surface area (TPSA) is 4.93 Å². The molecule has 0 aliphatic rings. The summed E-state index contributed by atoms with van der Waals surface area (Å²) in [6.07, 6.45) is 0. The Bertz CT molecular complexity index is 1800. The fraction of sp³-hybridized carbons (Fsp3) is 0.179. The first-order chi connectivity index (χ1) is 19.4. The molecule has 0 N–H and O–H groups in total. The number of hydrogen-bond acceptors (Lipinski definition) is 0. The molecular formula is C39H39N. The second-order valence-corrected chi connectivity index (χ2v) is 10.9. The Labute approximate surface area is 239 Å². The van der Waals surface area contributed by atoms with Crippen molar-refractivity contribution in [2.75, 3.05) is 0 Å². The zero-order valence-corrected chi connectivity index (χ0v) is 24.6. The monoisotopic (exact) mass is 521 g/mol. The molecule has 1 aromatic heterocycles. The van der Waals surface area contributed by atoms with E-state index >= 15 is 0 Å². The van der Waals surface area contributed by atoms with Crippen LogP contribution in [0.1, 0.15) is 61.1 Å². The summed E-state index contributed by atoms with van der Waals surface area (Å²) in [4.78, 5) is 0. The maximum atomic E-state index is 4.36. The lowest BCUT2D eigenvalue weighted by Crippen LogP contribution is -2.21. The van der Waals surface area contributed by atoms with Crippen LogP contribution in [0.5, 0.6) is 0 Å².